The highest BCUT2D eigenvalue weighted by Crippen LogP contribution is 2.33. The molecule has 13 heteroatoms. The van der Waals surface area contributed by atoms with Crippen molar-refractivity contribution in [1.29, 1.82) is 0 Å². The Balaban J connectivity index is 1.48. The van der Waals surface area contributed by atoms with Gasteiger partial charge in [0, 0.05) is 56.4 Å². The number of alkyl halides is 1. The van der Waals surface area contributed by atoms with Gasteiger partial charge in [0.15, 0.2) is 5.65 Å². The van der Waals surface area contributed by atoms with Gasteiger partial charge in [0.25, 0.3) is 5.56 Å². The second kappa shape index (κ2) is 11.8. The number of hydrogen-bond acceptors (Lipinski definition) is 9. The number of imidazole rings is 1. The molecule has 4 heterocycles. The third-order valence-electron chi connectivity index (χ3n) is 8.15. The quantitative estimate of drug-likeness (QED) is 0.326. The van der Waals surface area contributed by atoms with Crippen molar-refractivity contribution in [1.82, 2.24) is 24.4 Å². The van der Waals surface area contributed by atoms with Gasteiger partial charge in [-0.3, -0.25) is 4.79 Å². The number of anilines is 3. The third-order valence-corrected chi connectivity index (χ3v) is 8.15. The molecule has 1 fully saturated rings. The van der Waals surface area contributed by atoms with Gasteiger partial charge >= 0.3 is 6.03 Å². The number of methoxy groups -OCH3 is 2. The van der Waals surface area contributed by atoms with E-state index >= 15 is 0 Å². The van der Waals surface area contributed by atoms with Gasteiger partial charge in [-0.2, -0.15) is 0 Å². The van der Waals surface area contributed by atoms with Crippen molar-refractivity contribution >= 4 is 34.4 Å². The fourth-order valence-corrected chi connectivity index (χ4v) is 5.86. The van der Waals surface area contributed by atoms with Crippen molar-refractivity contribution in [3.8, 4) is 11.5 Å². The predicted octanol–water partition coefficient (Wildman–Crippen LogP) is 4.53. The van der Waals surface area contributed by atoms with Gasteiger partial charge in [-0.05, 0) is 37.6 Å². The van der Waals surface area contributed by atoms with Gasteiger partial charge in [0.2, 0.25) is 0 Å². The Morgan fingerprint density at radius 3 is 2.73 bits per heavy atom. The van der Waals surface area contributed by atoms with Gasteiger partial charge < -0.3 is 34.3 Å². The fraction of sp³-hybridized carbons (Fsp3) is 0.419. The summed E-state index contributed by atoms with van der Waals surface area (Å²) in [5.74, 6) is 1.68. The molecule has 232 valence electrons. The van der Waals surface area contributed by atoms with Crippen LogP contribution in [0.25, 0.3) is 11.2 Å². The monoisotopic (exact) mass is 605 g/mol. The molecule has 2 N–H and O–H groups in total. The molecule has 3 atom stereocenters. The number of carbonyl (C=O) groups is 1. The summed E-state index contributed by atoms with van der Waals surface area (Å²) in [6.45, 7) is 4.42. The van der Waals surface area contributed by atoms with Crippen LogP contribution >= 0.6 is 0 Å². The Bertz CT molecular complexity index is 1770. The van der Waals surface area contributed by atoms with Crippen LogP contribution in [0.3, 0.4) is 0 Å². The number of nitrogens with zero attached hydrogens (tertiary/aromatic N) is 5. The largest absolute Gasteiger partial charge is 0.497 e. The van der Waals surface area contributed by atoms with Gasteiger partial charge in [-0.15, -0.1) is 0 Å². The topological polar surface area (TPSA) is 125 Å². The lowest BCUT2D eigenvalue weighted by Crippen LogP contribution is -2.43. The van der Waals surface area contributed by atoms with E-state index in [1.54, 1.807) is 37.1 Å². The van der Waals surface area contributed by atoms with Crippen LogP contribution in [0.5, 0.6) is 11.5 Å². The van der Waals surface area contributed by atoms with Crippen LogP contribution in [0.1, 0.15) is 43.9 Å². The summed E-state index contributed by atoms with van der Waals surface area (Å²) in [7, 11) is 5.09. The van der Waals surface area contributed by atoms with Gasteiger partial charge in [-0.25, -0.2) is 23.7 Å². The van der Waals surface area contributed by atoms with E-state index in [-0.39, 0.29) is 36.7 Å². The number of rotatable bonds is 6. The molecule has 1 amide bonds. The Kier molecular flexibility index (Phi) is 7.89. The number of aromatic nitrogens is 4. The molecule has 4 aromatic rings. The van der Waals surface area contributed by atoms with Gasteiger partial charge in [0.1, 0.15) is 41.0 Å². The number of hydrogen-bond donors (Lipinski definition) is 2. The molecule has 1 aliphatic carbocycles. The Morgan fingerprint density at radius 2 is 1.98 bits per heavy atom. The van der Waals surface area contributed by atoms with E-state index in [9.17, 15) is 14.0 Å². The Morgan fingerprint density at radius 1 is 1.16 bits per heavy atom. The third kappa shape index (κ3) is 5.54. The van der Waals surface area contributed by atoms with Crippen molar-refractivity contribution in [3.05, 3.63) is 64.3 Å². The minimum Gasteiger partial charge on any atom is -0.497 e. The maximum absolute atomic E-state index is 14.6. The van der Waals surface area contributed by atoms with Crippen molar-refractivity contribution in [2.24, 2.45) is 0 Å². The SMILES string of the molecule is COc1ccc(CN(C)c2cc3nc4c2ncn4C(=O)N[C@@H]2C[C@@H](F)C[C@H]2OCc2cc(c(=O)n(C(C)C)c2)N3)c(OC)c1. The minimum atomic E-state index is -1.11. The van der Waals surface area contributed by atoms with Gasteiger partial charge in [0.05, 0.1) is 38.7 Å². The Hall–Kier alpha value is -4.65. The number of amides is 1. The minimum absolute atomic E-state index is 0.117. The molecule has 6 rings (SSSR count). The van der Waals surface area contributed by atoms with E-state index in [2.05, 4.69) is 15.6 Å². The lowest BCUT2D eigenvalue weighted by molar-refractivity contribution is 0.0270. The number of carbonyl (C=O) groups excluding carboxylic acids is 1. The van der Waals surface area contributed by atoms with Crippen LogP contribution < -0.4 is 30.6 Å². The number of ether oxygens (including phenoxy) is 3. The second-order valence-electron chi connectivity index (χ2n) is 11.5. The summed E-state index contributed by atoms with van der Waals surface area (Å²) >= 11 is 0. The fourth-order valence-electron chi connectivity index (χ4n) is 5.86. The summed E-state index contributed by atoms with van der Waals surface area (Å²) in [6, 6.07) is 7.98. The maximum Gasteiger partial charge on any atom is 0.328 e. The summed E-state index contributed by atoms with van der Waals surface area (Å²) in [5, 5.41) is 6.14. The molecule has 0 unspecified atom stereocenters. The zero-order valence-corrected chi connectivity index (χ0v) is 25.3. The first kappa shape index (κ1) is 29.4. The van der Waals surface area contributed by atoms with Crippen LogP contribution in [0, 0.1) is 0 Å². The Labute approximate surface area is 253 Å². The first-order valence-corrected chi connectivity index (χ1v) is 14.5. The van der Waals surface area contributed by atoms with Crippen LogP contribution in [-0.4, -0.2) is 64.7 Å². The standard InChI is InChI=1S/C31H36FN7O5/c1-17(2)38-13-18-8-23(30(38)40)34-27-12-24(37(3)14-19-6-7-21(42-4)11-25(19)43-5)28-29(36-27)39(16-33-28)31(41)35-22-9-20(32)10-26(22)44-15-18/h6-8,11-13,16-17,20,22,26H,9-10,14-15H2,1-5H3,(H,34,36)(H,35,41)/t20-,22-,26-/m1/s1. The van der Waals surface area contributed by atoms with Crippen molar-refractivity contribution in [3.63, 3.8) is 0 Å². The number of benzene rings is 1. The molecule has 4 bridgehead atoms. The highest BCUT2D eigenvalue weighted by atomic mass is 19.1. The number of halogens is 1. The van der Waals surface area contributed by atoms with E-state index < -0.39 is 24.3 Å². The molecule has 0 spiro atoms. The molecule has 3 aromatic heterocycles. The van der Waals surface area contributed by atoms with Crippen molar-refractivity contribution in [2.45, 2.75) is 64.2 Å². The molecule has 1 aromatic carbocycles. The maximum atomic E-state index is 14.6. The summed E-state index contributed by atoms with van der Waals surface area (Å²) in [6.07, 6.45) is 1.81. The zero-order chi connectivity index (χ0) is 31.1. The van der Waals surface area contributed by atoms with E-state index in [4.69, 9.17) is 19.2 Å². The van der Waals surface area contributed by atoms with Crippen LogP contribution in [0.2, 0.25) is 0 Å². The molecule has 2 aliphatic rings. The van der Waals surface area contributed by atoms with E-state index in [0.717, 1.165) is 11.1 Å². The van der Waals surface area contributed by atoms with E-state index in [0.29, 0.717) is 40.8 Å². The summed E-state index contributed by atoms with van der Waals surface area (Å²) < 4.78 is 34.6. The zero-order valence-electron chi connectivity index (χ0n) is 25.3. The molecule has 1 saturated carbocycles. The summed E-state index contributed by atoms with van der Waals surface area (Å²) in [5.41, 5.74) is 3.13. The van der Waals surface area contributed by atoms with Crippen molar-refractivity contribution in [2.75, 3.05) is 31.5 Å². The lowest BCUT2D eigenvalue weighted by Gasteiger charge is -2.24. The van der Waals surface area contributed by atoms with Crippen LogP contribution in [-0.2, 0) is 17.9 Å². The molecule has 0 radical (unpaired) electrons. The van der Waals surface area contributed by atoms with Gasteiger partial charge in [-0.1, -0.05) is 0 Å². The number of fused-ring (bicyclic) bond motifs is 4. The van der Waals surface area contributed by atoms with Crippen LogP contribution in [0.4, 0.5) is 26.4 Å². The van der Waals surface area contributed by atoms with Crippen LogP contribution in [0.15, 0.2) is 47.7 Å². The highest BCUT2D eigenvalue weighted by Gasteiger charge is 2.37. The first-order valence-electron chi connectivity index (χ1n) is 14.5. The molecule has 44 heavy (non-hydrogen) atoms. The molecule has 12 nitrogen and oxygen atoms in total. The molecular weight excluding hydrogens is 569 g/mol. The predicted molar refractivity (Wildman–Crippen MR) is 164 cm³/mol. The average molecular weight is 606 g/mol. The molecule has 1 aliphatic heterocycles. The molecular formula is C31H36FN7O5. The van der Waals surface area contributed by atoms with E-state index in [1.807, 2.05) is 44.0 Å². The second-order valence-corrected chi connectivity index (χ2v) is 11.5. The lowest BCUT2D eigenvalue weighted by atomic mass is 10.1. The average Bonchev–Trinajstić information content (AvgIpc) is 3.59. The smallest absolute Gasteiger partial charge is 0.328 e. The normalized spacial score (nSPS) is 19.8. The number of nitrogens with one attached hydrogen (secondary N) is 2. The van der Waals surface area contributed by atoms with Crippen molar-refractivity contribution < 1.29 is 23.4 Å². The highest BCUT2D eigenvalue weighted by molar-refractivity contribution is 5.95. The first-order chi connectivity index (χ1) is 21.1. The number of pyridine rings is 2. The molecule has 0 saturated heterocycles. The summed E-state index contributed by atoms with van der Waals surface area (Å²) in [4.78, 5) is 38.3. The van der Waals surface area contributed by atoms with E-state index in [1.165, 1.54) is 10.9 Å².